The van der Waals surface area contributed by atoms with E-state index in [1.807, 2.05) is 12.3 Å². The maximum absolute atomic E-state index is 12.1. The zero-order valence-electron chi connectivity index (χ0n) is 6.54. The molecule has 0 spiro atoms. The lowest BCUT2D eigenvalue weighted by Gasteiger charge is -1.99. The van der Waals surface area contributed by atoms with E-state index in [1.54, 1.807) is 6.07 Å². The Morgan fingerprint density at radius 3 is 2.92 bits per heavy atom. The van der Waals surface area contributed by atoms with Crippen LogP contribution in [-0.2, 0) is 6.67 Å². The van der Waals surface area contributed by atoms with Crippen molar-refractivity contribution < 1.29 is 4.39 Å². The van der Waals surface area contributed by atoms with Gasteiger partial charge in [0.1, 0.15) is 17.8 Å². The standard InChI is InChI=1S/C8H7FN2S/c1-12-8-6(5-10)2-3-7(4-9)11-8/h2-3H,4H2,1H3. The van der Waals surface area contributed by atoms with Crippen LogP contribution in [0.25, 0.3) is 0 Å². The van der Waals surface area contributed by atoms with Gasteiger partial charge in [0.05, 0.1) is 11.3 Å². The number of nitriles is 1. The lowest BCUT2D eigenvalue weighted by molar-refractivity contribution is 0.474. The molecule has 0 aliphatic heterocycles. The molecule has 0 amide bonds. The Morgan fingerprint density at radius 2 is 2.42 bits per heavy atom. The summed E-state index contributed by atoms with van der Waals surface area (Å²) in [5.41, 5.74) is 0.873. The number of thioether (sulfide) groups is 1. The Kier molecular flexibility index (Phi) is 3.06. The van der Waals surface area contributed by atoms with Gasteiger partial charge in [-0.2, -0.15) is 5.26 Å². The van der Waals surface area contributed by atoms with Crippen molar-refractivity contribution in [3.05, 3.63) is 23.4 Å². The third-order valence-corrected chi connectivity index (χ3v) is 2.07. The summed E-state index contributed by atoms with van der Waals surface area (Å²) in [5.74, 6) is 0. The van der Waals surface area contributed by atoms with Crippen molar-refractivity contribution in [2.24, 2.45) is 0 Å². The molecule has 0 atom stereocenters. The van der Waals surface area contributed by atoms with Gasteiger partial charge >= 0.3 is 0 Å². The first-order valence-electron chi connectivity index (χ1n) is 3.31. The zero-order chi connectivity index (χ0) is 8.97. The van der Waals surface area contributed by atoms with Crippen LogP contribution in [0.1, 0.15) is 11.3 Å². The highest BCUT2D eigenvalue weighted by molar-refractivity contribution is 7.98. The van der Waals surface area contributed by atoms with Crippen LogP contribution >= 0.6 is 11.8 Å². The largest absolute Gasteiger partial charge is 0.244 e. The fraction of sp³-hybridized carbons (Fsp3) is 0.250. The van der Waals surface area contributed by atoms with E-state index in [0.29, 0.717) is 16.3 Å². The van der Waals surface area contributed by atoms with Gasteiger partial charge in [-0.25, -0.2) is 9.37 Å². The molecule has 0 bridgehead atoms. The van der Waals surface area contributed by atoms with Gasteiger partial charge in [-0.1, -0.05) is 0 Å². The van der Waals surface area contributed by atoms with Gasteiger partial charge in [0.15, 0.2) is 0 Å². The first-order valence-corrected chi connectivity index (χ1v) is 4.54. The molecule has 0 radical (unpaired) electrons. The number of aromatic nitrogens is 1. The molecular weight excluding hydrogens is 175 g/mol. The van der Waals surface area contributed by atoms with Crippen molar-refractivity contribution in [3.8, 4) is 6.07 Å². The first-order chi connectivity index (χ1) is 5.81. The highest BCUT2D eigenvalue weighted by Gasteiger charge is 2.03. The van der Waals surface area contributed by atoms with E-state index < -0.39 is 6.67 Å². The molecule has 1 aromatic heterocycles. The number of alkyl halides is 1. The van der Waals surface area contributed by atoms with E-state index in [1.165, 1.54) is 17.8 Å². The summed E-state index contributed by atoms with van der Waals surface area (Å²) in [6, 6.07) is 5.11. The van der Waals surface area contributed by atoms with Crippen LogP contribution in [0, 0.1) is 11.3 Å². The number of pyridine rings is 1. The Balaban J connectivity index is 3.13. The maximum atomic E-state index is 12.1. The second-order valence-corrected chi connectivity index (χ2v) is 2.90. The summed E-state index contributed by atoms with van der Waals surface area (Å²) in [6.45, 7) is -0.584. The second-order valence-electron chi connectivity index (χ2n) is 2.10. The molecule has 0 aromatic carbocycles. The maximum Gasteiger partial charge on any atom is 0.131 e. The molecule has 0 aliphatic carbocycles. The predicted octanol–water partition coefficient (Wildman–Crippen LogP) is 2.14. The molecule has 2 nitrogen and oxygen atoms in total. The number of hydrogen-bond acceptors (Lipinski definition) is 3. The quantitative estimate of drug-likeness (QED) is 0.657. The van der Waals surface area contributed by atoms with Crippen molar-refractivity contribution in [2.45, 2.75) is 11.7 Å². The molecule has 12 heavy (non-hydrogen) atoms. The van der Waals surface area contributed by atoms with Crippen molar-refractivity contribution in [3.63, 3.8) is 0 Å². The average molecular weight is 182 g/mol. The first kappa shape index (κ1) is 9.01. The summed E-state index contributed by atoms with van der Waals surface area (Å²) in [7, 11) is 0. The van der Waals surface area contributed by atoms with Crippen molar-refractivity contribution in [2.75, 3.05) is 6.26 Å². The van der Waals surface area contributed by atoms with Gasteiger partial charge in [-0.3, -0.25) is 0 Å². The topological polar surface area (TPSA) is 36.7 Å². The minimum absolute atomic E-state index is 0.373. The van der Waals surface area contributed by atoms with Gasteiger partial charge in [0, 0.05) is 0 Å². The van der Waals surface area contributed by atoms with Crippen LogP contribution in [0.4, 0.5) is 4.39 Å². The minimum Gasteiger partial charge on any atom is -0.244 e. The van der Waals surface area contributed by atoms with Gasteiger partial charge in [-0.05, 0) is 18.4 Å². The van der Waals surface area contributed by atoms with Gasteiger partial charge in [0.25, 0.3) is 0 Å². The second kappa shape index (κ2) is 4.07. The van der Waals surface area contributed by atoms with Crippen LogP contribution in [0.3, 0.4) is 0 Å². The summed E-state index contributed by atoms with van der Waals surface area (Å²) in [4.78, 5) is 3.95. The highest BCUT2D eigenvalue weighted by atomic mass is 32.2. The minimum atomic E-state index is -0.584. The third kappa shape index (κ3) is 1.74. The van der Waals surface area contributed by atoms with E-state index in [0.717, 1.165) is 0 Å². The number of hydrogen-bond donors (Lipinski definition) is 0. The number of rotatable bonds is 2. The molecule has 1 heterocycles. The monoisotopic (exact) mass is 182 g/mol. The molecule has 1 rings (SSSR count). The molecule has 1 aromatic rings. The molecule has 0 unspecified atom stereocenters. The normalized spacial score (nSPS) is 9.42. The molecule has 62 valence electrons. The van der Waals surface area contributed by atoms with Crippen LogP contribution in [0.15, 0.2) is 17.2 Å². The van der Waals surface area contributed by atoms with Gasteiger partial charge < -0.3 is 0 Å². The zero-order valence-corrected chi connectivity index (χ0v) is 7.36. The van der Waals surface area contributed by atoms with Crippen LogP contribution in [0.5, 0.6) is 0 Å². The van der Waals surface area contributed by atoms with Crippen LogP contribution in [-0.4, -0.2) is 11.2 Å². The Hall–Kier alpha value is -1.08. The number of halogens is 1. The van der Waals surface area contributed by atoms with Crippen molar-refractivity contribution in [1.29, 1.82) is 5.26 Å². The molecule has 0 aliphatic rings. The molecule has 0 fully saturated rings. The summed E-state index contributed by atoms with van der Waals surface area (Å²) in [5, 5.41) is 9.21. The lowest BCUT2D eigenvalue weighted by Crippen LogP contribution is -1.91. The predicted molar refractivity (Wildman–Crippen MR) is 45.5 cm³/mol. The molecule has 4 heteroatoms. The SMILES string of the molecule is CSc1nc(CF)ccc1C#N. The summed E-state index contributed by atoms with van der Waals surface area (Å²) < 4.78 is 12.1. The van der Waals surface area contributed by atoms with Crippen molar-refractivity contribution in [1.82, 2.24) is 4.98 Å². The Morgan fingerprint density at radius 1 is 1.67 bits per heavy atom. The summed E-state index contributed by atoms with van der Waals surface area (Å²) in [6.07, 6.45) is 1.81. The molecular formula is C8H7FN2S. The average Bonchev–Trinajstić information content (AvgIpc) is 2.16. The third-order valence-electron chi connectivity index (χ3n) is 1.37. The van der Waals surface area contributed by atoms with E-state index in [4.69, 9.17) is 5.26 Å². The van der Waals surface area contributed by atoms with E-state index in [9.17, 15) is 4.39 Å². The van der Waals surface area contributed by atoms with Gasteiger partial charge in [-0.15, -0.1) is 11.8 Å². The van der Waals surface area contributed by atoms with E-state index in [2.05, 4.69) is 4.98 Å². The van der Waals surface area contributed by atoms with Gasteiger partial charge in [0.2, 0.25) is 0 Å². The summed E-state index contributed by atoms with van der Waals surface area (Å²) >= 11 is 1.35. The van der Waals surface area contributed by atoms with E-state index in [-0.39, 0.29) is 0 Å². The smallest absolute Gasteiger partial charge is 0.131 e. The van der Waals surface area contributed by atoms with E-state index >= 15 is 0 Å². The van der Waals surface area contributed by atoms with Crippen molar-refractivity contribution >= 4 is 11.8 Å². The van der Waals surface area contributed by atoms with Crippen LogP contribution in [0.2, 0.25) is 0 Å². The van der Waals surface area contributed by atoms with Crippen LogP contribution < -0.4 is 0 Å². The number of nitrogens with zero attached hydrogens (tertiary/aromatic N) is 2. The molecule has 0 saturated carbocycles. The molecule has 0 N–H and O–H groups in total. The highest BCUT2D eigenvalue weighted by Crippen LogP contribution is 2.17. The fourth-order valence-corrected chi connectivity index (χ4v) is 1.34. The lowest BCUT2D eigenvalue weighted by atomic mass is 10.3. The Labute approximate surface area is 74.4 Å². The Bertz CT molecular complexity index is 319. The fourth-order valence-electron chi connectivity index (χ4n) is 0.794. The molecule has 0 saturated heterocycles.